The van der Waals surface area contributed by atoms with E-state index in [1.807, 2.05) is 0 Å². The molecule has 1 aliphatic rings. The molecule has 0 saturated carbocycles. The van der Waals surface area contributed by atoms with Crippen molar-refractivity contribution in [1.82, 2.24) is 5.32 Å². The van der Waals surface area contributed by atoms with Crippen LogP contribution in [0.3, 0.4) is 0 Å². The number of nitrogens with one attached hydrogen (secondary N) is 1. The van der Waals surface area contributed by atoms with Crippen molar-refractivity contribution in [3.63, 3.8) is 0 Å². The number of rotatable bonds is 8. The molecule has 1 N–H and O–H groups in total. The van der Waals surface area contributed by atoms with Gasteiger partial charge in [-0.2, -0.15) is 0 Å². The predicted molar refractivity (Wildman–Crippen MR) is 125 cm³/mol. The average molecular weight is 473 g/mol. The Hall–Kier alpha value is -3.20. The van der Waals surface area contributed by atoms with Crippen LogP contribution in [0, 0.1) is 5.92 Å². The molecule has 33 heavy (non-hydrogen) atoms. The maximum atomic E-state index is 12.7. The first-order valence-corrected chi connectivity index (χ1v) is 12.6. The van der Waals surface area contributed by atoms with Crippen LogP contribution in [0.25, 0.3) is 0 Å². The van der Waals surface area contributed by atoms with Crippen molar-refractivity contribution in [2.45, 2.75) is 32.7 Å². The van der Waals surface area contributed by atoms with E-state index in [9.17, 15) is 22.8 Å². The average Bonchev–Trinajstić information content (AvgIpc) is 2.79. The van der Waals surface area contributed by atoms with E-state index in [0.29, 0.717) is 36.2 Å². The second kappa shape index (κ2) is 10.2. The number of hydrogen-bond donors (Lipinski definition) is 1. The minimum Gasteiger partial charge on any atom is -0.456 e. The van der Waals surface area contributed by atoms with Gasteiger partial charge in [0.15, 0.2) is 12.4 Å². The summed E-state index contributed by atoms with van der Waals surface area (Å²) in [6, 6.07) is 12.4. The topological polar surface area (TPSA) is 110 Å². The molecule has 0 spiro atoms. The van der Waals surface area contributed by atoms with Crippen LogP contribution in [0.4, 0.5) is 5.69 Å². The lowest BCUT2D eigenvalue weighted by atomic mass is 9.99. The van der Waals surface area contributed by atoms with E-state index in [4.69, 9.17) is 4.74 Å². The van der Waals surface area contributed by atoms with E-state index < -0.39 is 40.3 Å². The number of sulfonamides is 1. The molecule has 0 aliphatic carbocycles. The predicted octanol–water partition coefficient (Wildman–Crippen LogP) is 2.58. The Morgan fingerprint density at radius 3 is 2.39 bits per heavy atom. The Morgan fingerprint density at radius 2 is 1.76 bits per heavy atom. The summed E-state index contributed by atoms with van der Waals surface area (Å²) in [5.74, 6) is -1.74. The standard InChI is InChI=1S/C24H28N2O6S/c1-16(2)22(25-23(28)17-8-5-4-6-9-17)24(29)32-15-21(27)19-11-12-20-18(14-19)10-7-13-26(20)33(3,30)31/h4-6,8-9,11-12,14,16,22H,7,10,13,15H2,1-3H3,(H,25,28). The van der Waals surface area contributed by atoms with Gasteiger partial charge in [-0.3, -0.25) is 13.9 Å². The Bertz CT molecular complexity index is 1140. The fourth-order valence-electron chi connectivity index (χ4n) is 3.70. The molecule has 0 fully saturated rings. The molecule has 1 heterocycles. The van der Waals surface area contributed by atoms with Gasteiger partial charge in [0.2, 0.25) is 10.0 Å². The summed E-state index contributed by atoms with van der Waals surface area (Å²) in [4.78, 5) is 37.7. The fourth-order valence-corrected chi connectivity index (χ4v) is 4.70. The van der Waals surface area contributed by atoms with Gasteiger partial charge in [-0.1, -0.05) is 32.0 Å². The van der Waals surface area contributed by atoms with Crippen LogP contribution < -0.4 is 9.62 Å². The molecule has 3 rings (SSSR count). The Balaban J connectivity index is 1.65. The highest BCUT2D eigenvalue weighted by molar-refractivity contribution is 7.92. The fraction of sp³-hybridized carbons (Fsp3) is 0.375. The number of amides is 1. The first kappa shape index (κ1) is 24.4. The van der Waals surface area contributed by atoms with Gasteiger partial charge in [0.05, 0.1) is 11.9 Å². The number of aryl methyl sites for hydroxylation is 1. The number of ketones is 1. The number of Topliss-reactive ketones (excluding diaryl/α,β-unsaturated/α-hetero) is 1. The zero-order valence-electron chi connectivity index (χ0n) is 18.9. The molecule has 2 aromatic rings. The summed E-state index contributed by atoms with van der Waals surface area (Å²) in [7, 11) is -3.40. The highest BCUT2D eigenvalue weighted by Gasteiger charge is 2.28. The van der Waals surface area contributed by atoms with Gasteiger partial charge in [-0.25, -0.2) is 13.2 Å². The van der Waals surface area contributed by atoms with Crippen molar-refractivity contribution in [1.29, 1.82) is 0 Å². The largest absolute Gasteiger partial charge is 0.456 e. The molecule has 0 saturated heterocycles. The summed E-state index contributed by atoms with van der Waals surface area (Å²) >= 11 is 0. The number of esters is 1. The zero-order valence-corrected chi connectivity index (χ0v) is 19.7. The van der Waals surface area contributed by atoms with E-state index >= 15 is 0 Å². The molecule has 1 unspecified atom stereocenters. The van der Waals surface area contributed by atoms with Gasteiger partial charge in [-0.15, -0.1) is 0 Å². The van der Waals surface area contributed by atoms with Crippen LogP contribution >= 0.6 is 0 Å². The van der Waals surface area contributed by atoms with E-state index in [1.165, 1.54) is 10.4 Å². The number of fused-ring (bicyclic) bond motifs is 1. The molecule has 1 amide bonds. The van der Waals surface area contributed by atoms with E-state index in [1.54, 1.807) is 56.3 Å². The Kier molecular flexibility index (Phi) is 7.53. The molecular formula is C24H28N2O6S. The lowest BCUT2D eigenvalue weighted by Gasteiger charge is -2.29. The third kappa shape index (κ3) is 5.98. The summed E-state index contributed by atoms with van der Waals surface area (Å²) in [6.45, 7) is 3.48. The van der Waals surface area contributed by atoms with Crippen LogP contribution in [0.5, 0.6) is 0 Å². The van der Waals surface area contributed by atoms with Crippen LogP contribution in [0.1, 0.15) is 46.5 Å². The number of carbonyl (C=O) groups excluding carboxylic acids is 3. The second-order valence-corrected chi connectivity index (χ2v) is 10.3. The van der Waals surface area contributed by atoms with Crippen LogP contribution in [0.15, 0.2) is 48.5 Å². The number of ether oxygens (including phenoxy) is 1. The monoisotopic (exact) mass is 472 g/mol. The van der Waals surface area contributed by atoms with Gasteiger partial charge < -0.3 is 10.1 Å². The minimum absolute atomic E-state index is 0.244. The first-order chi connectivity index (χ1) is 15.6. The highest BCUT2D eigenvalue weighted by atomic mass is 32.2. The van der Waals surface area contributed by atoms with Crippen molar-refractivity contribution >= 4 is 33.4 Å². The highest BCUT2D eigenvalue weighted by Crippen LogP contribution is 2.30. The lowest BCUT2D eigenvalue weighted by molar-refractivity contribution is -0.145. The number of benzene rings is 2. The summed E-state index contributed by atoms with van der Waals surface area (Å²) in [6.07, 6.45) is 2.47. The molecule has 8 nitrogen and oxygen atoms in total. The molecular weight excluding hydrogens is 444 g/mol. The van der Waals surface area contributed by atoms with Crippen LogP contribution in [-0.4, -0.2) is 51.5 Å². The molecule has 1 aliphatic heterocycles. The molecule has 2 aromatic carbocycles. The van der Waals surface area contributed by atoms with E-state index in [0.717, 1.165) is 11.8 Å². The van der Waals surface area contributed by atoms with Crippen molar-refractivity contribution in [3.8, 4) is 0 Å². The molecule has 9 heteroatoms. The smallest absolute Gasteiger partial charge is 0.329 e. The van der Waals surface area contributed by atoms with Gasteiger partial charge in [0, 0.05) is 17.7 Å². The zero-order chi connectivity index (χ0) is 24.2. The van der Waals surface area contributed by atoms with Crippen LogP contribution in [-0.2, 0) is 26.0 Å². The molecule has 0 aromatic heterocycles. The number of hydrogen-bond acceptors (Lipinski definition) is 6. The summed E-state index contributed by atoms with van der Waals surface area (Å²) in [5, 5.41) is 2.67. The lowest BCUT2D eigenvalue weighted by Crippen LogP contribution is -2.45. The maximum absolute atomic E-state index is 12.7. The van der Waals surface area contributed by atoms with Crippen molar-refractivity contribution < 1.29 is 27.5 Å². The SMILES string of the molecule is CC(C)C(NC(=O)c1ccccc1)C(=O)OCC(=O)c1ccc2c(c1)CCCN2S(C)(=O)=O. The number of nitrogens with zero attached hydrogens (tertiary/aromatic N) is 1. The maximum Gasteiger partial charge on any atom is 0.329 e. The summed E-state index contributed by atoms with van der Waals surface area (Å²) < 4.78 is 30.6. The van der Waals surface area contributed by atoms with Gasteiger partial charge >= 0.3 is 5.97 Å². The van der Waals surface area contributed by atoms with Gasteiger partial charge in [0.1, 0.15) is 6.04 Å². The molecule has 1 atom stereocenters. The van der Waals surface area contributed by atoms with Crippen molar-refractivity contribution in [2.75, 3.05) is 23.7 Å². The Morgan fingerprint density at radius 1 is 1.06 bits per heavy atom. The number of anilines is 1. The first-order valence-electron chi connectivity index (χ1n) is 10.7. The van der Waals surface area contributed by atoms with Crippen molar-refractivity contribution in [3.05, 3.63) is 65.2 Å². The minimum atomic E-state index is -3.40. The van der Waals surface area contributed by atoms with E-state index in [2.05, 4.69) is 5.32 Å². The van der Waals surface area contributed by atoms with Crippen LogP contribution in [0.2, 0.25) is 0 Å². The normalized spacial score (nSPS) is 14.4. The van der Waals surface area contributed by atoms with Gasteiger partial charge in [-0.05, 0) is 54.7 Å². The third-order valence-corrected chi connectivity index (χ3v) is 6.65. The quantitative estimate of drug-likeness (QED) is 0.467. The molecule has 0 radical (unpaired) electrons. The molecule has 176 valence electrons. The number of carbonyl (C=O) groups is 3. The second-order valence-electron chi connectivity index (χ2n) is 8.37. The van der Waals surface area contributed by atoms with Gasteiger partial charge in [0.25, 0.3) is 5.91 Å². The molecule has 0 bridgehead atoms. The third-order valence-electron chi connectivity index (χ3n) is 5.47. The summed E-state index contributed by atoms with van der Waals surface area (Å²) in [5.41, 5.74) is 2.09. The Labute approximate surface area is 194 Å². The van der Waals surface area contributed by atoms with E-state index in [-0.39, 0.29) is 5.92 Å². The van der Waals surface area contributed by atoms with Crippen molar-refractivity contribution in [2.24, 2.45) is 5.92 Å².